The number of carbonyl (C=O) groups is 1. The molecule has 0 bridgehead atoms. The summed E-state index contributed by atoms with van der Waals surface area (Å²) in [5.74, 6) is 0.532. The molecule has 3 unspecified atom stereocenters. The van der Waals surface area contributed by atoms with E-state index in [1.807, 2.05) is 0 Å². The molecule has 2 aliphatic rings. The number of carbonyl (C=O) groups excluding carboxylic acids is 1. The van der Waals surface area contributed by atoms with Gasteiger partial charge in [0.2, 0.25) is 5.56 Å². The Kier molecular flexibility index (Phi) is 2.70. The van der Waals surface area contributed by atoms with Gasteiger partial charge >= 0.3 is 0 Å². The van der Waals surface area contributed by atoms with Crippen molar-refractivity contribution >= 4 is 5.91 Å². The van der Waals surface area contributed by atoms with Crippen molar-refractivity contribution in [2.24, 2.45) is 11.8 Å². The summed E-state index contributed by atoms with van der Waals surface area (Å²) < 4.78 is 0. The van der Waals surface area contributed by atoms with Crippen LogP contribution in [0.1, 0.15) is 23.2 Å². The summed E-state index contributed by atoms with van der Waals surface area (Å²) >= 11 is 0. The molecule has 5 nitrogen and oxygen atoms in total. The van der Waals surface area contributed by atoms with Crippen molar-refractivity contribution in [3.05, 3.63) is 34.2 Å². The number of nitrogens with one attached hydrogen (secondary N) is 1. The van der Waals surface area contributed by atoms with E-state index >= 15 is 0 Å². The Bertz CT molecular complexity index is 525. The van der Waals surface area contributed by atoms with E-state index in [9.17, 15) is 14.7 Å². The van der Waals surface area contributed by atoms with Gasteiger partial charge in [-0.1, -0.05) is 0 Å². The maximum Gasteiger partial charge on any atom is 0.254 e. The summed E-state index contributed by atoms with van der Waals surface area (Å²) in [5.41, 5.74) is 0.161. The highest BCUT2D eigenvalue weighted by Gasteiger charge is 2.43. The first-order valence-corrected chi connectivity index (χ1v) is 6.31. The van der Waals surface area contributed by atoms with Gasteiger partial charge in [-0.3, -0.25) is 9.59 Å². The van der Waals surface area contributed by atoms with Gasteiger partial charge in [-0.2, -0.15) is 0 Å². The van der Waals surface area contributed by atoms with E-state index < -0.39 is 0 Å². The van der Waals surface area contributed by atoms with Crippen LogP contribution in [0.4, 0.5) is 0 Å². The Morgan fingerprint density at radius 1 is 1.39 bits per heavy atom. The Morgan fingerprint density at radius 3 is 2.94 bits per heavy atom. The van der Waals surface area contributed by atoms with Crippen LogP contribution in [0.3, 0.4) is 0 Å². The normalized spacial score (nSPS) is 30.5. The fourth-order valence-electron chi connectivity index (χ4n) is 3.16. The van der Waals surface area contributed by atoms with E-state index in [0.717, 1.165) is 12.8 Å². The molecule has 1 amide bonds. The molecule has 1 aliphatic heterocycles. The maximum absolute atomic E-state index is 12.2. The van der Waals surface area contributed by atoms with Gasteiger partial charge < -0.3 is 15.0 Å². The van der Waals surface area contributed by atoms with Crippen LogP contribution in [-0.4, -0.2) is 40.1 Å². The van der Waals surface area contributed by atoms with Crippen LogP contribution in [0.5, 0.6) is 0 Å². The number of likely N-dealkylation sites (tertiary alicyclic amines) is 1. The van der Waals surface area contributed by atoms with Crippen LogP contribution in [-0.2, 0) is 0 Å². The lowest BCUT2D eigenvalue weighted by Gasteiger charge is -2.18. The number of aliphatic hydroxyl groups is 1. The number of amides is 1. The molecule has 0 spiro atoms. The van der Waals surface area contributed by atoms with Gasteiger partial charge in [-0.25, -0.2) is 0 Å². The molecule has 2 fully saturated rings. The summed E-state index contributed by atoms with van der Waals surface area (Å²) in [4.78, 5) is 27.7. The molecule has 96 valence electrons. The fourth-order valence-corrected chi connectivity index (χ4v) is 3.16. The largest absolute Gasteiger partial charge is 0.393 e. The van der Waals surface area contributed by atoms with Crippen LogP contribution in [0.15, 0.2) is 23.1 Å². The van der Waals surface area contributed by atoms with Crippen LogP contribution >= 0.6 is 0 Å². The number of H-pyrrole nitrogens is 1. The third kappa shape index (κ3) is 1.84. The van der Waals surface area contributed by atoms with E-state index in [4.69, 9.17) is 0 Å². The molecule has 1 saturated heterocycles. The number of nitrogens with zero attached hydrogens (tertiary/aromatic N) is 1. The first-order chi connectivity index (χ1) is 8.65. The average Bonchev–Trinajstić information content (AvgIpc) is 2.91. The molecule has 1 aromatic heterocycles. The van der Waals surface area contributed by atoms with Crippen molar-refractivity contribution in [2.45, 2.75) is 18.9 Å². The summed E-state index contributed by atoms with van der Waals surface area (Å²) in [6, 6.07) is 2.95. The van der Waals surface area contributed by atoms with Crippen molar-refractivity contribution in [3.8, 4) is 0 Å². The highest BCUT2D eigenvalue weighted by atomic mass is 16.3. The lowest BCUT2D eigenvalue weighted by molar-refractivity contribution is 0.0752. The molecule has 3 atom stereocenters. The Balaban J connectivity index is 1.77. The number of aromatic nitrogens is 1. The van der Waals surface area contributed by atoms with Gasteiger partial charge in [-0.05, 0) is 24.8 Å². The molecule has 0 aromatic carbocycles. The standard InChI is InChI=1S/C13H16N2O3/c16-11-2-1-9-6-15(7-10(9)11)13(18)8-3-4-14-12(17)5-8/h3-5,9-11,16H,1-2,6-7H2,(H,14,17). The zero-order chi connectivity index (χ0) is 12.7. The van der Waals surface area contributed by atoms with Crippen molar-refractivity contribution in [3.63, 3.8) is 0 Å². The van der Waals surface area contributed by atoms with Gasteiger partial charge in [0, 0.05) is 36.8 Å². The number of rotatable bonds is 1. The van der Waals surface area contributed by atoms with E-state index in [0.29, 0.717) is 24.6 Å². The second kappa shape index (κ2) is 4.24. The third-order valence-corrected chi connectivity index (χ3v) is 4.13. The van der Waals surface area contributed by atoms with E-state index in [1.165, 1.54) is 12.3 Å². The zero-order valence-corrected chi connectivity index (χ0v) is 10.0. The molecule has 1 aliphatic carbocycles. The molecular formula is C13H16N2O3. The van der Waals surface area contributed by atoms with Gasteiger partial charge in [0.05, 0.1) is 6.10 Å². The van der Waals surface area contributed by atoms with Crippen molar-refractivity contribution in [2.75, 3.05) is 13.1 Å². The van der Waals surface area contributed by atoms with Gasteiger partial charge in [-0.15, -0.1) is 0 Å². The van der Waals surface area contributed by atoms with Crippen molar-refractivity contribution in [1.82, 2.24) is 9.88 Å². The second-order valence-electron chi connectivity index (χ2n) is 5.22. The SMILES string of the molecule is O=C(c1cc[nH]c(=O)c1)N1CC2CCC(O)C2C1. The third-order valence-electron chi connectivity index (χ3n) is 4.13. The van der Waals surface area contributed by atoms with E-state index in [1.54, 1.807) is 11.0 Å². The highest BCUT2D eigenvalue weighted by Crippen LogP contribution is 2.38. The summed E-state index contributed by atoms with van der Waals surface area (Å²) in [5, 5.41) is 9.82. The first-order valence-electron chi connectivity index (χ1n) is 6.31. The van der Waals surface area contributed by atoms with Crippen LogP contribution in [0.25, 0.3) is 0 Å². The number of hydrogen-bond acceptors (Lipinski definition) is 3. The number of pyridine rings is 1. The Morgan fingerprint density at radius 2 is 2.22 bits per heavy atom. The van der Waals surface area contributed by atoms with Crippen molar-refractivity contribution in [1.29, 1.82) is 0 Å². The smallest absolute Gasteiger partial charge is 0.254 e. The second-order valence-corrected chi connectivity index (χ2v) is 5.22. The van der Waals surface area contributed by atoms with Crippen LogP contribution < -0.4 is 5.56 Å². The molecule has 2 N–H and O–H groups in total. The molecule has 0 radical (unpaired) electrons. The predicted octanol–water partition coefficient (Wildman–Crippen LogP) is 0.218. The molecule has 1 aromatic rings. The van der Waals surface area contributed by atoms with E-state index in [-0.39, 0.29) is 23.5 Å². The minimum absolute atomic E-state index is 0.109. The summed E-state index contributed by atoms with van der Waals surface area (Å²) in [6.07, 6.45) is 3.06. The topological polar surface area (TPSA) is 73.4 Å². The van der Waals surface area contributed by atoms with Gasteiger partial charge in [0.15, 0.2) is 0 Å². The van der Waals surface area contributed by atoms with E-state index in [2.05, 4.69) is 4.98 Å². The zero-order valence-electron chi connectivity index (χ0n) is 10.0. The average molecular weight is 248 g/mol. The molecule has 3 rings (SSSR count). The molecule has 1 saturated carbocycles. The maximum atomic E-state index is 12.2. The van der Waals surface area contributed by atoms with Crippen LogP contribution in [0, 0.1) is 11.8 Å². The molecule has 2 heterocycles. The lowest BCUT2D eigenvalue weighted by Crippen LogP contribution is -2.31. The first kappa shape index (κ1) is 11.5. The minimum Gasteiger partial charge on any atom is -0.393 e. The van der Waals surface area contributed by atoms with Crippen molar-refractivity contribution < 1.29 is 9.90 Å². The summed E-state index contributed by atoms with van der Waals surface area (Å²) in [7, 11) is 0. The molecular weight excluding hydrogens is 232 g/mol. The predicted molar refractivity (Wildman–Crippen MR) is 65.2 cm³/mol. The lowest BCUT2D eigenvalue weighted by atomic mass is 10.00. The van der Waals surface area contributed by atoms with Crippen LogP contribution in [0.2, 0.25) is 0 Å². The van der Waals surface area contributed by atoms with Gasteiger partial charge in [0.25, 0.3) is 5.91 Å². The highest BCUT2D eigenvalue weighted by molar-refractivity contribution is 5.94. The number of fused-ring (bicyclic) bond motifs is 1. The number of aromatic amines is 1. The molecule has 5 heteroatoms. The monoisotopic (exact) mass is 248 g/mol. The Hall–Kier alpha value is -1.62. The number of aliphatic hydroxyl groups excluding tert-OH is 1. The molecule has 18 heavy (non-hydrogen) atoms. The fraction of sp³-hybridized carbons (Fsp3) is 0.538. The quantitative estimate of drug-likeness (QED) is 0.746. The minimum atomic E-state index is -0.271. The van der Waals surface area contributed by atoms with Gasteiger partial charge in [0.1, 0.15) is 0 Å². The Labute approximate surface area is 104 Å². The summed E-state index contributed by atoms with van der Waals surface area (Å²) in [6.45, 7) is 1.31. The number of hydrogen-bond donors (Lipinski definition) is 2.